The van der Waals surface area contributed by atoms with Crippen LogP contribution in [0.2, 0.25) is 5.02 Å². The van der Waals surface area contributed by atoms with Crippen LogP contribution >= 0.6 is 11.6 Å². The van der Waals surface area contributed by atoms with Crippen molar-refractivity contribution < 1.29 is 9.53 Å². The van der Waals surface area contributed by atoms with Gasteiger partial charge in [-0.05, 0) is 43.0 Å². The number of nitrogens with one attached hydrogen (secondary N) is 1. The van der Waals surface area contributed by atoms with E-state index in [0.717, 1.165) is 44.7 Å². The van der Waals surface area contributed by atoms with Gasteiger partial charge in [-0.15, -0.1) is 0 Å². The highest BCUT2D eigenvalue weighted by atomic mass is 35.5. The number of hydrogen-bond acceptors (Lipinski definition) is 3. The van der Waals surface area contributed by atoms with E-state index in [-0.39, 0.29) is 11.9 Å². The summed E-state index contributed by atoms with van der Waals surface area (Å²) in [7, 11) is 0. The lowest BCUT2D eigenvalue weighted by atomic mass is 9.94. The van der Waals surface area contributed by atoms with Gasteiger partial charge in [0.2, 0.25) is 5.91 Å². The molecular formula is C23H27ClN2O2. The summed E-state index contributed by atoms with van der Waals surface area (Å²) in [5.41, 5.74) is 3.09. The molecule has 1 N–H and O–H groups in total. The van der Waals surface area contributed by atoms with Gasteiger partial charge in [-0.3, -0.25) is 9.69 Å². The topological polar surface area (TPSA) is 41.6 Å². The Hall–Kier alpha value is -1.88. The number of benzene rings is 2. The highest BCUT2D eigenvalue weighted by molar-refractivity contribution is 6.30. The third-order valence-corrected chi connectivity index (χ3v) is 6.20. The van der Waals surface area contributed by atoms with Gasteiger partial charge >= 0.3 is 0 Å². The van der Waals surface area contributed by atoms with Gasteiger partial charge in [-0.2, -0.15) is 0 Å². The smallest absolute Gasteiger partial charge is 0.230 e. The van der Waals surface area contributed by atoms with Crippen molar-refractivity contribution in [1.29, 1.82) is 0 Å². The molecule has 1 aliphatic carbocycles. The van der Waals surface area contributed by atoms with Crippen molar-refractivity contribution in [3.05, 3.63) is 70.2 Å². The Balaban J connectivity index is 1.49. The van der Waals surface area contributed by atoms with Crippen LogP contribution in [0.3, 0.4) is 0 Å². The second-order valence-electron chi connectivity index (χ2n) is 7.88. The fourth-order valence-electron chi connectivity index (χ4n) is 4.05. The molecule has 5 heteroatoms. The monoisotopic (exact) mass is 398 g/mol. The van der Waals surface area contributed by atoms with Gasteiger partial charge in [0.25, 0.3) is 0 Å². The van der Waals surface area contributed by atoms with Gasteiger partial charge < -0.3 is 10.1 Å². The lowest BCUT2D eigenvalue weighted by Gasteiger charge is -2.35. The Morgan fingerprint density at radius 2 is 1.89 bits per heavy atom. The van der Waals surface area contributed by atoms with E-state index in [9.17, 15) is 4.79 Å². The molecule has 28 heavy (non-hydrogen) atoms. The maximum absolute atomic E-state index is 13.1. The van der Waals surface area contributed by atoms with Crippen LogP contribution in [0.1, 0.15) is 35.6 Å². The molecule has 1 amide bonds. The number of aryl methyl sites for hydroxylation is 1. The summed E-state index contributed by atoms with van der Waals surface area (Å²) in [5, 5.41) is 3.93. The van der Waals surface area contributed by atoms with Gasteiger partial charge in [0.05, 0.1) is 24.7 Å². The lowest BCUT2D eigenvalue weighted by molar-refractivity contribution is -0.124. The molecule has 0 spiro atoms. The van der Waals surface area contributed by atoms with Crippen LogP contribution in [0.25, 0.3) is 0 Å². The van der Waals surface area contributed by atoms with Crippen molar-refractivity contribution in [3.63, 3.8) is 0 Å². The predicted octanol–water partition coefficient (Wildman–Crippen LogP) is 3.87. The Kier molecular flexibility index (Phi) is 5.72. The average molecular weight is 399 g/mol. The van der Waals surface area contributed by atoms with E-state index < -0.39 is 5.41 Å². The van der Waals surface area contributed by atoms with Crippen LogP contribution < -0.4 is 5.32 Å². The highest BCUT2D eigenvalue weighted by Crippen LogP contribution is 2.48. The first-order valence-corrected chi connectivity index (χ1v) is 10.4. The summed E-state index contributed by atoms with van der Waals surface area (Å²) in [6.07, 6.45) is 1.76. The Bertz CT molecular complexity index is 827. The molecule has 1 atom stereocenters. The molecule has 1 aliphatic heterocycles. The van der Waals surface area contributed by atoms with Gasteiger partial charge in [-0.1, -0.05) is 53.6 Å². The number of carbonyl (C=O) groups is 1. The average Bonchev–Trinajstić information content (AvgIpc) is 3.52. The van der Waals surface area contributed by atoms with Crippen LogP contribution in [0, 0.1) is 6.92 Å². The predicted molar refractivity (Wildman–Crippen MR) is 112 cm³/mol. The number of carbonyl (C=O) groups excluding carboxylic acids is 1. The second-order valence-corrected chi connectivity index (χ2v) is 8.31. The number of amides is 1. The molecule has 0 aromatic heterocycles. The summed E-state index contributed by atoms with van der Waals surface area (Å²) in [5.74, 6) is 0.111. The summed E-state index contributed by atoms with van der Waals surface area (Å²) >= 11 is 6.15. The number of rotatable bonds is 6. The van der Waals surface area contributed by atoms with Crippen LogP contribution in [0.5, 0.6) is 0 Å². The zero-order chi connectivity index (χ0) is 19.6. The fourth-order valence-corrected chi connectivity index (χ4v) is 4.24. The van der Waals surface area contributed by atoms with Gasteiger partial charge in [0, 0.05) is 24.7 Å². The largest absolute Gasteiger partial charge is 0.379 e. The van der Waals surface area contributed by atoms with E-state index in [1.165, 1.54) is 11.1 Å². The quantitative estimate of drug-likeness (QED) is 0.803. The third kappa shape index (κ3) is 4.09. The molecule has 2 aliphatic rings. The first-order valence-electron chi connectivity index (χ1n) is 10.0. The van der Waals surface area contributed by atoms with E-state index in [0.29, 0.717) is 11.6 Å². The molecule has 0 radical (unpaired) electrons. The third-order valence-electron chi connectivity index (χ3n) is 5.97. The zero-order valence-corrected chi connectivity index (χ0v) is 17.0. The molecule has 4 rings (SSSR count). The number of ether oxygens (including phenoxy) is 1. The van der Waals surface area contributed by atoms with Crippen molar-refractivity contribution >= 4 is 17.5 Å². The molecule has 0 bridgehead atoms. The van der Waals surface area contributed by atoms with Crippen molar-refractivity contribution in [3.8, 4) is 0 Å². The number of halogens is 1. The van der Waals surface area contributed by atoms with Gasteiger partial charge in [-0.25, -0.2) is 0 Å². The van der Waals surface area contributed by atoms with E-state index >= 15 is 0 Å². The van der Waals surface area contributed by atoms with Crippen LogP contribution in [0.15, 0.2) is 48.5 Å². The van der Waals surface area contributed by atoms with E-state index in [1.54, 1.807) is 0 Å². The summed E-state index contributed by atoms with van der Waals surface area (Å²) < 4.78 is 5.52. The number of morpholine rings is 1. The summed E-state index contributed by atoms with van der Waals surface area (Å²) in [6.45, 7) is 5.94. The van der Waals surface area contributed by atoms with Crippen LogP contribution in [-0.2, 0) is 14.9 Å². The van der Waals surface area contributed by atoms with Crippen molar-refractivity contribution in [2.24, 2.45) is 0 Å². The van der Waals surface area contributed by atoms with E-state index in [4.69, 9.17) is 16.3 Å². The van der Waals surface area contributed by atoms with E-state index in [1.807, 2.05) is 24.3 Å². The molecule has 148 valence electrons. The summed E-state index contributed by atoms with van der Waals surface area (Å²) in [4.78, 5) is 15.5. The molecule has 2 fully saturated rings. The van der Waals surface area contributed by atoms with Crippen molar-refractivity contribution in [1.82, 2.24) is 10.2 Å². The minimum Gasteiger partial charge on any atom is -0.379 e. The fraction of sp³-hybridized carbons (Fsp3) is 0.435. The summed E-state index contributed by atoms with van der Waals surface area (Å²) in [6, 6.07) is 16.5. The second kappa shape index (κ2) is 8.24. The minimum absolute atomic E-state index is 0.111. The highest BCUT2D eigenvalue weighted by Gasteiger charge is 2.51. The SMILES string of the molecule is Cc1ccc(C(CNC(=O)C2(c3cccc(Cl)c3)CC2)N2CCOCC2)cc1. The Morgan fingerprint density at radius 3 is 2.54 bits per heavy atom. The first kappa shape index (κ1) is 19.4. The zero-order valence-electron chi connectivity index (χ0n) is 16.3. The molecule has 1 saturated heterocycles. The number of nitrogens with zero attached hydrogens (tertiary/aromatic N) is 1. The van der Waals surface area contributed by atoms with Gasteiger partial charge in [0.1, 0.15) is 0 Å². The first-order chi connectivity index (χ1) is 13.6. The van der Waals surface area contributed by atoms with Crippen molar-refractivity contribution in [2.75, 3.05) is 32.8 Å². The maximum Gasteiger partial charge on any atom is 0.230 e. The standard InChI is InChI=1S/C23H27ClN2O2/c1-17-5-7-18(8-6-17)21(26-11-13-28-14-12-26)16-25-22(27)23(9-10-23)19-3-2-4-20(24)15-19/h2-8,15,21H,9-14,16H2,1H3,(H,25,27). The lowest BCUT2D eigenvalue weighted by Crippen LogP contribution is -2.45. The molecular weight excluding hydrogens is 372 g/mol. The van der Waals surface area contributed by atoms with Crippen molar-refractivity contribution in [2.45, 2.75) is 31.2 Å². The number of hydrogen-bond donors (Lipinski definition) is 1. The molecule has 1 saturated carbocycles. The maximum atomic E-state index is 13.1. The van der Waals surface area contributed by atoms with Crippen LogP contribution in [0.4, 0.5) is 0 Å². The molecule has 4 nitrogen and oxygen atoms in total. The minimum atomic E-state index is -0.409. The molecule has 1 heterocycles. The molecule has 1 unspecified atom stereocenters. The van der Waals surface area contributed by atoms with Crippen LogP contribution in [-0.4, -0.2) is 43.7 Å². The Labute approximate surface area is 171 Å². The Morgan fingerprint density at radius 1 is 1.18 bits per heavy atom. The van der Waals surface area contributed by atoms with Gasteiger partial charge in [0.15, 0.2) is 0 Å². The normalized spacial score (nSPS) is 19.8. The molecule has 2 aromatic rings. The molecule has 2 aromatic carbocycles. The van der Waals surface area contributed by atoms with E-state index in [2.05, 4.69) is 41.4 Å².